The summed E-state index contributed by atoms with van der Waals surface area (Å²) >= 11 is 5.23. The molecule has 0 spiro atoms. The number of thiophene rings is 1. The second-order valence-electron chi connectivity index (χ2n) is 7.02. The van der Waals surface area contributed by atoms with E-state index < -0.39 is 11.7 Å². The van der Waals surface area contributed by atoms with Gasteiger partial charge in [0.25, 0.3) is 0 Å². The monoisotopic (exact) mass is 389 g/mol. The largest absolute Gasteiger partial charge is 0.444 e. The minimum absolute atomic E-state index is 0.0673. The second kappa shape index (κ2) is 6.89. The van der Waals surface area contributed by atoms with E-state index in [-0.39, 0.29) is 12.0 Å². The molecule has 0 radical (unpaired) electrons. The van der Waals surface area contributed by atoms with Crippen LogP contribution >= 0.6 is 27.3 Å². The van der Waals surface area contributed by atoms with Crippen LogP contribution in [0.15, 0.2) is 15.9 Å². The summed E-state index contributed by atoms with van der Waals surface area (Å²) in [6.07, 6.45) is 2.57. The van der Waals surface area contributed by atoms with E-state index in [0.717, 1.165) is 23.7 Å². The van der Waals surface area contributed by atoms with Crippen molar-refractivity contribution in [2.45, 2.75) is 45.6 Å². The van der Waals surface area contributed by atoms with Gasteiger partial charge < -0.3 is 15.2 Å². The second-order valence-corrected chi connectivity index (χ2v) is 8.87. The van der Waals surface area contributed by atoms with Gasteiger partial charge in [-0.15, -0.1) is 11.3 Å². The fourth-order valence-electron chi connectivity index (χ4n) is 2.62. The maximum Gasteiger partial charge on any atom is 0.407 e. The van der Waals surface area contributed by atoms with Crippen molar-refractivity contribution in [2.75, 3.05) is 13.2 Å². The number of rotatable bonds is 6. The van der Waals surface area contributed by atoms with Gasteiger partial charge in [0.05, 0.1) is 6.61 Å². The van der Waals surface area contributed by atoms with Gasteiger partial charge in [0.1, 0.15) is 5.60 Å². The van der Waals surface area contributed by atoms with Crippen LogP contribution in [-0.2, 0) is 11.2 Å². The third kappa shape index (κ3) is 4.70. The van der Waals surface area contributed by atoms with E-state index in [9.17, 15) is 9.90 Å². The van der Waals surface area contributed by atoms with Gasteiger partial charge in [-0.25, -0.2) is 4.79 Å². The van der Waals surface area contributed by atoms with Crippen molar-refractivity contribution in [3.05, 3.63) is 20.8 Å². The number of aliphatic hydroxyl groups excluding tert-OH is 1. The van der Waals surface area contributed by atoms with Crippen LogP contribution in [-0.4, -0.2) is 30.0 Å². The fourth-order valence-corrected chi connectivity index (χ4v) is 4.27. The van der Waals surface area contributed by atoms with Gasteiger partial charge in [-0.05, 0) is 73.3 Å². The Bertz CT molecular complexity index is 522. The number of carbonyl (C=O) groups excluding carboxylic acids is 1. The molecule has 0 aromatic carbocycles. The number of alkyl carbamates (subject to hydrolysis) is 1. The van der Waals surface area contributed by atoms with Crippen LogP contribution in [0.4, 0.5) is 4.79 Å². The Morgan fingerprint density at radius 2 is 2.18 bits per heavy atom. The predicted molar refractivity (Wildman–Crippen MR) is 92.2 cm³/mol. The fraction of sp³-hybridized carbons (Fsp3) is 0.688. The lowest BCUT2D eigenvalue weighted by atomic mass is 9.79. The average Bonchev–Trinajstić information content (AvgIpc) is 3.19. The predicted octanol–water partition coefficient (Wildman–Crippen LogP) is 3.97. The topological polar surface area (TPSA) is 58.6 Å². The molecule has 124 valence electrons. The standard InChI is InChI=1S/C16H24BrNO3S/c1-15(2,3)21-14(20)18-9-16(10-19,11-4-5-11)8-13-12(17)6-7-22-13/h6-7,11,19H,4-5,8-10H2,1-3H3,(H,18,20). The molecule has 1 aromatic rings. The Kier molecular flexibility index (Phi) is 5.56. The Hall–Kier alpha value is -0.590. The third-order valence-corrected chi connectivity index (χ3v) is 5.87. The molecule has 2 rings (SSSR count). The highest BCUT2D eigenvalue weighted by atomic mass is 79.9. The molecule has 1 aliphatic rings. The zero-order valence-electron chi connectivity index (χ0n) is 13.3. The van der Waals surface area contributed by atoms with E-state index in [2.05, 4.69) is 21.2 Å². The van der Waals surface area contributed by atoms with Crippen molar-refractivity contribution in [1.29, 1.82) is 0 Å². The van der Waals surface area contributed by atoms with Crippen LogP contribution < -0.4 is 5.32 Å². The van der Waals surface area contributed by atoms with Gasteiger partial charge in [0.15, 0.2) is 0 Å². The summed E-state index contributed by atoms with van der Waals surface area (Å²) in [6.45, 7) is 6.03. The maximum absolute atomic E-state index is 11.9. The van der Waals surface area contributed by atoms with Crippen LogP contribution in [0, 0.1) is 11.3 Å². The summed E-state index contributed by atoms with van der Waals surface area (Å²) in [5.74, 6) is 0.460. The van der Waals surface area contributed by atoms with Crippen molar-refractivity contribution in [3.8, 4) is 0 Å². The molecule has 22 heavy (non-hydrogen) atoms. The molecule has 1 heterocycles. The molecule has 2 N–H and O–H groups in total. The van der Waals surface area contributed by atoms with E-state index >= 15 is 0 Å². The van der Waals surface area contributed by atoms with Gasteiger partial charge in [0.2, 0.25) is 0 Å². The molecule has 1 atom stereocenters. The molecule has 0 bridgehead atoms. The molecule has 1 unspecified atom stereocenters. The van der Waals surface area contributed by atoms with Gasteiger partial charge in [-0.2, -0.15) is 0 Å². The van der Waals surface area contributed by atoms with E-state index in [1.165, 1.54) is 4.88 Å². The van der Waals surface area contributed by atoms with E-state index in [4.69, 9.17) is 4.74 Å². The summed E-state index contributed by atoms with van der Waals surface area (Å²) in [5.41, 5.74) is -0.813. The number of carbonyl (C=O) groups is 1. The van der Waals surface area contributed by atoms with Crippen LogP contribution in [0.1, 0.15) is 38.5 Å². The number of halogens is 1. The summed E-state index contributed by atoms with van der Waals surface area (Å²) in [7, 11) is 0. The Morgan fingerprint density at radius 3 is 2.64 bits per heavy atom. The third-order valence-electron chi connectivity index (χ3n) is 3.95. The summed E-state index contributed by atoms with van der Waals surface area (Å²) in [5, 5.41) is 14.9. The molecule has 1 aromatic heterocycles. The molecule has 0 aliphatic heterocycles. The normalized spacial score (nSPS) is 17.9. The number of ether oxygens (including phenoxy) is 1. The van der Waals surface area contributed by atoms with Crippen LogP contribution in [0.5, 0.6) is 0 Å². The first-order valence-electron chi connectivity index (χ1n) is 7.55. The minimum Gasteiger partial charge on any atom is -0.444 e. The lowest BCUT2D eigenvalue weighted by Gasteiger charge is -2.32. The highest BCUT2D eigenvalue weighted by Crippen LogP contribution is 2.48. The van der Waals surface area contributed by atoms with E-state index in [0.29, 0.717) is 12.5 Å². The van der Waals surface area contributed by atoms with Gasteiger partial charge >= 0.3 is 6.09 Å². The first-order chi connectivity index (χ1) is 10.3. The van der Waals surface area contributed by atoms with Crippen molar-refractivity contribution in [1.82, 2.24) is 5.32 Å². The van der Waals surface area contributed by atoms with Crippen LogP contribution in [0.2, 0.25) is 0 Å². The van der Waals surface area contributed by atoms with Crippen LogP contribution in [0.3, 0.4) is 0 Å². The number of nitrogens with one attached hydrogen (secondary N) is 1. The summed E-state index contributed by atoms with van der Waals surface area (Å²) in [4.78, 5) is 13.1. The van der Waals surface area contributed by atoms with E-state index in [1.54, 1.807) is 11.3 Å². The first kappa shape index (κ1) is 17.8. The zero-order chi connectivity index (χ0) is 16.4. The van der Waals surface area contributed by atoms with Gasteiger partial charge in [-0.1, -0.05) is 0 Å². The summed E-state index contributed by atoms with van der Waals surface area (Å²) < 4.78 is 6.38. The quantitative estimate of drug-likeness (QED) is 0.773. The molecule has 1 aliphatic carbocycles. The molecule has 6 heteroatoms. The highest BCUT2D eigenvalue weighted by molar-refractivity contribution is 9.10. The average molecular weight is 390 g/mol. The molecular weight excluding hydrogens is 366 g/mol. The van der Waals surface area contributed by atoms with Gasteiger partial charge in [-0.3, -0.25) is 0 Å². The Balaban J connectivity index is 2.03. The van der Waals surface area contributed by atoms with E-state index in [1.807, 2.05) is 32.2 Å². The Morgan fingerprint density at radius 1 is 1.50 bits per heavy atom. The van der Waals surface area contributed by atoms with Gasteiger partial charge in [0, 0.05) is 21.3 Å². The molecular formula is C16H24BrNO3S. The lowest BCUT2D eigenvalue weighted by molar-refractivity contribution is 0.0440. The minimum atomic E-state index is -0.512. The maximum atomic E-state index is 11.9. The zero-order valence-corrected chi connectivity index (χ0v) is 15.7. The molecule has 1 fully saturated rings. The van der Waals surface area contributed by atoms with Crippen LogP contribution in [0.25, 0.3) is 0 Å². The van der Waals surface area contributed by atoms with Crippen molar-refractivity contribution in [3.63, 3.8) is 0 Å². The van der Waals surface area contributed by atoms with Crippen molar-refractivity contribution in [2.24, 2.45) is 11.3 Å². The molecule has 0 saturated heterocycles. The summed E-state index contributed by atoms with van der Waals surface area (Å²) in [6, 6.07) is 2.02. The lowest BCUT2D eigenvalue weighted by Crippen LogP contribution is -2.44. The molecule has 1 saturated carbocycles. The molecule has 1 amide bonds. The van der Waals surface area contributed by atoms with Crippen molar-refractivity contribution < 1.29 is 14.6 Å². The highest BCUT2D eigenvalue weighted by Gasteiger charge is 2.45. The molecule has 4 nitrogen and oxygen atoms in total. The number of amides is 1. The SMILES string of the molecule is CC(C)(C)OC(=O)NCC(CO)(Cc1sccc1Br)C1CC1. The Labute approximate surface area is 144 Å². The van der Waals surface area contributed by atoms with Crippen molar-refractivity contribution >= 4 is 33.4 Å². The number of hydrogen-bond donors (Lipinski definition) is 2. The number of aliphatic hydroxyl groups is 1. The first-order valence-corrected chi connectivity index (χ1v) is 9.23. The number of hydrogen-bond acceptors (Lipinski definition) is 4. The smallest absolute Gasteiger partial charge is 0.407 e.